The van der Waals surface area contributed by atoms with E-state index in [-0.39, 0.29) is 12.5 Å². The van der Waals surface area contributed by atoms with Crippen LogP contribution in [0, 0.1) is 5.92 Å². The Morgan fingerprint density at radius 2 is 1.88 bits per heavy atom. The Balaban J connectivity index is 3.61. The normalized spacial score (nSPS) is 19.1. The SMILES string of the molecule is CCC(C)(O)CC(C)COCC(O)COC. The van der Waals surface area contributed by atoms with Gasteiger partial charge in [-0.3, -0.25) is 0 Å². The molecular weight excluding hydrogens is 208 g/mol. The standard InChI is InChI=1S/C12H26O4/c1-5-12(3,14)6-10(2)7-16-9-11(13)8-15-4/h10-11,13-14H,5-9H2,1-4H3. The molecule has 0 aliphatic heterocycles. The van der Waals surface area contributed by atoms with Crippen LogP contribution < -0.4 is 0 Å². The highest BCUT2D eigenvalue weighted by Gasteiger charge is 2.21. The number of hydrogen-bond acceptors (Lipinski definition) is 4. The van der Waals surface area contributed by atoms with E-state index in [0.717, 1.165) is 6.42 Å². The summed E-state index contributed by atoms with van der Waals surface area (Å²) >= 11 is 0. The number of hydrogen-bond donors (Lipinski definition) is 2. The minimum Gasteiger partial charge on any atom is -0.390 e. The van der Waals surface area contributed by atoms with Crippen LogP contribution in [-0.2, 0) is 9.47 Å². The summed E-state index contributed by atoms with van der Waals surface area (Å²) in [4.78, 5) is 0. The minimum atomic E-state index is -0.617. The van der Waals surface area contributed by atoms with E-state index in [1.54, 1.807) is 7.11 Å². The molecule has 98 valence electrons. The van der Waals surface area contributed by atoms with Crippen molar-refractivity contribution in [2.75, 3.05) is 26.9 Å². The molecule has 3 atom stereocenters. The number of aliphatic hydroxyl groups excluding tert-OH is 1. The van der Waals surface area contributed by atoms with Crippen LogP contribution in [0.4, 0.5) is 0 Å². The molecule has 0 saturated carbocycles. The first-order valence-electron chi connectivity index (χ1n) is 5.88. The van der Waals surface area contributed by atoms with E-state index >= 15 is 0 Å². The molecule has 4 nitrogen and oxygen atoms in total. The average Bonchev–Trinajstić information content (AvgIpc) is 2.17. The Labute approximate surface area is 98.6 Å². The monoisotopic (exact) mass is 234 g/mol. The third-order valence-corrected chi connectivity index (χ3v) is 2.62. The molecule has 0 fully saturated rings. The van der Waals surface area contributed by atoms with Gasteiger partial charge in [0.25, 0.3) is 0 Å². The largest absolute Gasteiger partial charge is 0.390 e. The lowest BCUT2D eigenvalue weighted by atomic mass is 9.91. The molecule has 0 heterocycles. The second-order valence-electron chi connectivity index (χ2n) is 4.81. The van der Waals surface area contributed by atoms with Gasteiger partial charge in [0.15, 0.2) is 0 Å². The summed E-state index contributed by atoms with van der Waals surface area (Å²) in [6, 6.07) is 0. The fourth-order valence-electron chi connectivity index (χ4n) is 1.60. The Hall–Kier alpha value is -0.160. The highest BCUT2D eigenvalue weighted by molar-refractivity contribution is 4.73. The molecule has 4 heteroatoms. The van der Waals surface area contributed by atoms with E-state index in [2.05, 4.69) is 0 Å². The smallest absolute Gasteiger partial charge is 0.101 e. The van der Waals surface area contributed by atoms with Gasteiger partial charge < -0.3 is 19.7 Å². The second kappa shape index (κ2) is 8.01. The average molecular weight is 234 g/mol. The molecule has 3 unspecified atom stereocenters. The number of rotatable bonds is 9. The molecular formula is C12H26O4. The summed E-state index contributed by atoms with van der Waals surface area (Å²) in [5.41, 5.74) is -0.617. The van der Waals surface area contributed by atoms with Crippen molar-refractivity contribution in [3.63, 3.8) is 0 Å². The Morgan fingerprint density at radius 1 is 1.25 bits per heavy atom. The van der Waals surface area contributed by atoms with E-state index in [0.29, 0.717) is 19.6 Å². The van der Waals surface area contributed by atoms with E-state index in [9.17, 15) is 10.2 Å². The topological polar surface area (TPSA) is 58.9 Å². The molecule has 0 aliphatic carbocycles. The quantitative estimate of drug-likeness (QED) is 0.629. The van der Waals surface area contributed by atoms with Crippen LogP contribution in [0.2, 0.25) is 0 Å². The summed E-state index contributed by atoms with van der Waals surface area (Å²) in [6.07, 6.45) is 0.886. The van der Waals surface area contributed by atoms with Crippen molar-refractivity contribution in [1.29, 1.82) is 0 Å². The molecule has 0 aromatic rings. The summed E-state index contributed by atoms with van der Waals surface area (Å²) < 4.78 is 10.1. The molecule has 0 rings (SSSR count). The second-order valence-corrected chi connectivity index (χ2v) is 4.81. The van der Waals surface area contributed by atoms with Gasteiger partial charge in [-0.2, -0.15) is 0 Å². The van der Waals surface area contributed by atoms with Gasteiger partial charge >= 0.3 is 0 Å². The summed E-state index contributed by atoms with van der Waals surface area (Å²) in [5.74, 6) is 0.282. The van der Waals surface area contributed by atoms with Crippen molar-refractivity contribution in [1.82, 2.24) is 0 Å². The van der Waals surface area contributed by atoms with Crippen molar-refractivity contribution in [3.05, 3.63) is 0 Å². The number of aliphatic hydroxyl groups is 2. The molecule has 0 amide bonds. The summed E-state index contributed by atoms with van der Waals surface area (Å²) in [7, 11) is 1.55. The number of methoxy groups -OCH3 is 1. The maximum atomic E-state index is 9.86. The van der Waals surface area contributed by atoms with Crippen LogP contribution in [0.1, 0.15) is 33.6 Å². The Bertz CT molecular complexity index is 170. The molecule has 2 N–H and O–H groups in total. The van der Waals surface area contributed by atoms with Crippen LogP contribution in [-0.4, -0.2) is 48.8 Å². The fraction of sp³-hybridized carbons (Fsp3) is 1.00. The van der Waals surface area contributed by atoms with E-state index < -0.39 is 11.7 Å². The predicted molar refractivity (Wildman–Crippen MR) is 63.4 cm³/mol. The van der Waals surface area contributed by atoms with Crippen molar-refractivity contribution in [2.45, 2.75) is 45.3 Å². The lowest BCUT2D eigenvalue weighted by Crippen LogP contribution is -2.28. The molecule has 0 radical (unpaired) electrons. The lowest BCUT2D eigenvalue weighted by molar-refractivity contribution is -0.0275. The van der Waals surface area contributed by atoms with Crippen LogP contribution in [0.3, 0.4) is 0 Å². The Kier molecular flexibility index (Phi) is 7.93. The molecule has 0 saturated heterocycles. The molecule has 0 aliphatic rings. The van der Waals surface area contributed by atoms with Crippen LogP contribution >= 0.6 is 0 Å². The highest BCUT2D eigenvalue weighted by atomic mass is 16.5. The third kappa shape index (κ3) is 8.05. The third-order valence-electron chi connectivity index (χ3n) is 2.62. The van der Waals surface area contributed by atoms with E-state index in [4.69, 9.17) is 9.47 Å². The van der Waals surface area contributed by atoms with Crippen molar-refractivity contribution in [2.24, 2.45) is 5.92 Å². The van der Waals surface area contributed by atoms with Gasteiger partial charge in [-0.15, -0.1) is 0 Å². The molecule has 16 heavy (non-hydrogen) atoms. The van der Waals surface area contributed by atoms with Crippen molar-refractivity contribution in [3.8, 4) is 0 Å². The maximum absolute atomic E-state index is 9.86. The zero-order chi connectivity index (χ0) is 12.6. The van der Waals surface area contributed by atoms with E-state index in [1.165, 1.54) is 0 Å². The van der Waals surface area contributed by atoms with Gasteiger partial charge in [-0.1, -0.05) is 13.8 Å². The molecule has 0 spiro atoms. The zero-order valence-corrected chi connectivity index (χ0v) is 10.9. The molecule has 0 aromatic heterocycles. The molecule has 0 aromatic carbocycles. The Morgan fingerprint density at radius 3 is 2.38 bits per heavy atom. The zero-order valence-electron chi connectivity index (χ0n) is 10.9. The van der Waals surface area contributed by atoms with Gasteiger partial charge in [0.05, 0.1) is 18.8 Å². The first-order valence-corrected chi connectivity index (χ1v) is 5.88. The fourth-order valence-corrected chi connectivity index (χ4v) is 1.60. The summed E-state index contributed by atoms with van der Waals surface area (Å²) in [6.45, 7) is 6.97. The lowest BCUT2D eigenvalue weighted by Gasteiger charge is -2.25. The van der Waals surface area contributed by atoms with Crippen LogP contribution in [0.25, 0.3) is 0 Å². The number of ether oxygens (including phenoxy) is 2. The first kappa shape index (κ1) is 15.8. The maximum Gasteiger partial charge on any atom is 0.101 e. The molecule has 0 bridgehead atoms. The van der Waals surface area contributed by atoms with Crippen molar-refractivity contribution >= 4 is 0 Å². The van der Waals surface area contributed by atoms with Gasteiger partial charge in [0.2, 0.25) is 0 Å². The van der Waals surface area contributed by atoms with Crippen LogP contribution in [0.5, 0.6) is 0 Å². The summed E-state index contributed by atoms with van der Waals surface area (Å²) in [5, 5.41) is 19.2. The minimum absolute atomic E-state index is 0.282. The van der Waals surface area contributed by atoms with E-state index in [1.807, 2.05) is 20.8 Å². The van der Waals surface area contributed by atoms with Gasteiger partial charge in [-0.25, -0.2) is 0 Å². The first-order chi connectivity index (χ1) is 7.41. The van der Waals surface area contributed by atoms with Gasteiger partial charge in [0.1, 0.15) is 6.10 Å². The predicted octanol–water partition coefficient (Wildman–Crippen LogP) is 1.20. The van der Waals surface area contributed by atoms with Crippen molar-refractivity contribution < 1.29 is 19.7 Å². The van der Waals surface area contributed by atoms with Crippen LogP contribution in [0.15, 0.2) is 0 Å². The van der Waals surface area contributed by atoms with Gasteiger partial charge in [-0.05, 0) is 25.7 Å². The highest BCUT2D eigenvalue weighted by Crippen LogP contribution is 2.19. The van der Waals surface area contributed by atoms with Gasteiger partial charge in [0, 0.05) is 13.7 Å².